The van der Waals surface area contributed by atoms with Gasteiger partial charge in [-0.2, -0.15) is 0 Å². The molecule has 20 heavy (non-hydrogen) atoms. The van der Waals surface area contributed by atoms with Crippen molar-refractivity contribution in [2.24, 2.45) is 0 Å². The van der Waals surface area contributed by atoms with Crippen molar-refractivity contribution in [3.8, 4) is 11.1 Å². The summed E-state index contributed by atoms with van der Waals surface area (Å²) in [6, 6.07) is 13.1. The molecular weight excluding hydrogens is 242 g/mol. The first-order chi connectivity index (χ1) is 9.52. The third kappa shape index (κ3) is 2.98. The number of rotatable bonds is 4. The van der Waals surface area contributed by atoms with E-state index in [0.717, 1.165) is 18.4 Å². The molecular formula is C19H23N. The molecule has 0 radical (unpaired) electrons. The van der Waals surface area contributed by atoms with Gasteiger partial charge in [0.2, 0.25) is 0 Å². The number of hydrogen-bond acceptors (Lipinski definition) is 1. The molecule has 0 aliphatic heterocycles. The zero-order valence-corrected chi connectivity index (χ0v) is 12.9. The minimum atomic E-state index is 0.647. The van der Waals surface area contributed by atoms with Crippen LogP contribution in [0.2, 0.25) is 0 Å². The fraction of sp³-hybridized carbons (Fsp3) is 0.316. The molecule has 0 saturated heterocycles. The molecule has 2 aromatic rings. The topological polar surface area (TPSA) is 23.9 Å². The van der Waals surface area contributed by atoms with Crippen LogP contribution < -0.4 is 0 Å². The Hall–Kier alpha value is -1.89. The molecule has 0 aromatic heterocycles. The predicted molar refractivity (Wildman–Crippen MR) is 87.8 cm³/mol. The Morgan fingerprint density at radius 2 is 1.65 bits per heavy atom. The van der Waals surface area contributed by atoms with Crippen LogP contribution in [0.4, 0.5) is 0 Å². The minimum absolute atomic E-state index is 0.647. The normalized spacial score (nSPS) is 10.6. The van der Waals surface area contributed by atoms with Gasteiger partial charge in [-0.1, -0.05) is 49.2 Å². The van der Waals surface area contributed by atoms with Crippen molar-refractivity contribution in [1.82, 2.24) is 0 Å². The Kier molecular flexibility index (Phi) is 4.39. The van der Waals surface area contributed by atoms with Gasteiger partial charge in [0.1, 0.15) is 0 Å². The van der Waals surface area contributed by atoms with Crippen LogP contribution in [0.1, 0.15) is 42.5 Å². The second kappa shape index (κ2) is 6.04. The van der Waals surface area contributed by atoms with Gasteiger partial charge in [0.25, 0.3) is 0 Å². The number of aryl methyl sites for hydroxylation is 2. The van der Waals surface area contributed by atoms with Gasteiger partial charge in [-0.05, 0) is 61.1 Å². The van der Waals surface area contributed by atoms with Crippen LogP contribution in [0.15, 0.2) is 36.4 Å². The number of nitrogens with one attached hydrogen (secondary N) is 1. The summed E-state index contributed by atoms with van der Waals surface area (Å²) in [5.41, 5.74) is 8.08. The van der Waals surface area contributed by atoms with E-state index in [9.17, 15) is 0 Å². The summed E-state index contributed by atoms with van der Waals surface area (Å²) in [6.07, 6.45) is 2.21. The summed E-state index contributed by atoms with van der Waals surface area (Å²) < 4.78 is 0. The summed E-state index contributed by atoms with van der Waals surface area (Å²) in [5.74, 6) is 0. The van der Waals surface area contributed by atoms with Gasteiger partial charge in [0.15, 0.2) is 0 Å². The SMILES string of the molecule is CCCc1cc(-c2ccc(C)cc2)cc(C(C)=N)c1C. The molecule has 1 N–H and O–H groups in total. The van der Waals surface area contributed by atoms with Gasteiger partial charge in [-0.15, -0.1) is 0 Å². The molecule has 0 bridgehead atoms. The maximum Gasteiger partial charge on any atom is 0.0358 e. The molecule has 0 spiro atoms. The van der Waals surface area contributed by atoms with Crippen LogP contribution in [0.5, 0.6) is 0 Å². The molecule has 1 heteroatoms. The molecule has 1 nitrogen and oxygen atoms in total. The van der Waals surface area contributed by atoms with Crippen molar-refractivity contribution < 1.29 is 0 Å². The smallest absolute Gasteiger partial charge is 0.0358 e. The van der Waals surface area contributed by atoms with E-state index in [1.807, 2.05) is 6.92 Å². The lowest BCUT2D eigenvalue weighted by molar-refractivity contribution is 0.912. The zero-order valence-electron chi connectivity index (χ0n) is 12.9. The van der Waals surface area contributed by atoms with Gasteiger partial charge in [-0.25, -0.2) is 0 Å². The Morgan fingerprint density at radius 1 is 1.00 bits per heavy atom. The number of hydrogen-bond donors (Lipinski definition) is 1. The van der Waals surface area contributed by atoms with Gasteiger partial charge < -0.3 is 5.41 Å². The van der Waals surface area contributed by atoms with Gasteiger partial charge in [0.05, 0.1) is 0 Å². The van der Waals surface area contributed by atoms with Crippen LogP contribution >= 0.6 is 0 Å². The summed E-state index contributed by atoms with van der Waals surface area (Å²) in [6.45, 7) is 8.32. The van der Waals surface area contributed by atoms with E-state index in [0.29, 0.717) is 5.71 Å². The zero-order chi connectivity index (χ0) is 14.7. The van der Waals surface area contributed by atoms with E-state index in [-0.39, 0.29) is 0 Å². The summed E-state index contributed by atoms with van der Waals surface area (Å²) in [7, 11) is 0. The van der Waals surface area contributed by atoms with Crippen molar-refractivity contribution in [3.63, 3.8) is 0 Å². The molecule has 0 fully saturated rings. The molecule has 0 atom stereocenters. The largest absolute Gasteiger partial charge is 0.305 e. The molecule has 0 amide bonds. The van der Waals surface area contributed by atoms with E-state index in [2.05, 4.69) is 57.2 Å². The predicted octanol–water partition coefficient (Wildman–Crippen LogP) is 5.31. The van der Waals surface area contributed by atoms with E-state index < -0.39 is 0 Å². The molecule has 0 heterocycles. The fourth-order valence-electron chi connectivity index (χ4n) is 2.61. The maximum atomic E-state index is 8.00. The molecule has 104 valence electrons. The van der Waals surface area contributed by atoms with E-state index in [1.54, 1.807) is 0 Å². The van der Waals surface area contributed by atoms with Gasteiger partial charge in [0, 0.05) is 5.71 Å². The molecule has 0 unspecified atom stereocenters. The molecule has 2 aromatic carbocycles. The third-order valence-corrected chi connectivity index (χ3v) is 3.82. The summed E-state index contributed by atoms with van der Waals surface area (Å²) in [4.78, 5) is 0. The fourth-order valence-corrected chi connectivity index (χ4v) is 2.61. The lowest BCUT2D eigenvalue weighted by atomic mass is 9.91. The number of benzene rings is 2. The van der Waals surface area contributed by atoms with Crippen molar-refractivity contribution in [1.29, 1.82) is 5.41 Å². The highest BCUT2D eigenvalue weighted by Gasteiger charge is 2.09. The van der Waals surface area contributed by atoms with Crippen molar-refractivity contribution in [3.05, 3.63) is 58.7 Å². The van der Waals surface area contributed by atoms with Gasteiger partial charge in [-0.3, -0.25) is 0 Å². The highest BCUT2D eigenvalue weighted by Crippen LogP contribution is 2.27. The minimum Gasteiger partial charge on any atom is -0.305 e. The Labute approximate surface area is 122 Å². The third-order valence-electron chi connectivity index (χ3n) is 3.82. The van der Waals surface area contributed by atoms with Crippen LogP contribution in [0.25, 0.3) is 11.1 Å². The summed E-state index contributed by atoms with van der Waals surface area (Å²) in [5, 5.41) is 8.00. The first-order valence-corrected chi connectivity index (χ1v) is 7.29. The van der Waals surface area contributed by atoms with E-state index in [4.69, 9.17) is 5.41 Å². The van der Waals surface area contributed by atoms with Crippen molar-refractivity contribution >= 4 is 5.71 Å². The van der Waals surface area contributed by atoms with Crippen molar-refractivity contribution in [2.75, 3.05) is 0 Å². The average Bonchev–Trinajstić information content (AvgIpc) is 2.42. The monoisotopic (exact) mass is 265 g/mol. The highest BCUT2D eigenvalue weighted by atomic mass is 14.4. The maximum absolute atomic E-state index is 8.00. The lowest BCUT2D eigenvalue weighted by Crippen LogP contribution is -2.01. The standard InChI is InChI=1S/C19H23N/c1-5-6-17-11-18(12-19(14(17)3)15(4)20)16-9-7-13(2)8-10-16/h7-12,20H,5-6H2,1-4H3. The second-order valence-corrected chi connectivity index (χ2v) is 5.55. The van der Waals surface area contributed by atoms with Crippen LogP contribution in [-0.2, 0) is 6.42 Å². The Bertz CT molecular complexity index is 621. The molecule has 0 aliphatic rings. The van der Waals surface area contributed by atoms with Crippen LogP contribution in [0, 0.1) is 19.3 Å². The Balaban J connectivity index is 2.58. The molecule has 0 saturated carbocycles. The first-order valence-electron chi connectivity index (χ1n) is 7.29. The second-order valence-electron chi connectivity index (χ2n) is 5.55. The average molecular weight is 265 g/mol. The molecule has 2 rings (SSSR count). The first kappa shape index (κ1) is 14.5. The van der Waals surface area contributed by atoms with E-state index in [1.165, 1.54) is 27.8 Å². The quantitative estimate of drug-likeness (QED) is 0.724. The van der Waals surface area contributed by atoms with Gasteiger partial charge >= 0.3 is 0 Å². The highest BCUT2D eigenvalue weighted by molar-refractivity contribution is 5.99. The van der Waals surface area contributed by atoms with Crippen LogP contribution in [-0.4, -0.2) is 5.71 Å². The molecule has 0 aliphatic carbocycles. The van der Waals surface area contributed by atoms with E-state index >= 15 is 0 Å². The lowest BCUT2D eigenvalue weighted by Gasteiger charge is -2.14. The summed E-state index contributed by atoms with van der Waals surface area (Å²) >= 11 is 0. The van der Waals surface area contributed by atoms with Crippen LogP contribution in [0.3, 0.4) is 0 Å². The Morgan fingerprint density at radius 3 is 2.20 bits per heavy atom. The van der Waals surface area contributed by atoms with Crippen molar-refractivity contribution in [2.45, 2.75) is 40.5 Å².